The average molecular weight is 327 g/mol. The highest BCUT2D eigenvalue weighted by Gasteiger charge is 2.12. The summed E-state index contributed by atoms with van der Waals surface area (Å²) in [7, 11) is 1.71. The number of hydrogen-bond acceptors (Lipinski definition) is 3. The zero-order valence-electron chi connectivity index (χ0n) is 12.6. The maximum atomic E-state index is 5.53. The zero-order valence-corrected chi connectivity index (χ0v) is 14.2. The van der Waals surface area contributed by atoms with E-state index in [2.05, 4.69) is 53.3 Å². The third-order valence-electron chi connectivity index (χ3n) is 3.60. The van der Waals surface area contributed by atoms with Crippen molar-refractivity contribution in [2.45, 2.75) is 13.5 Å². The fourth-order valence-corrected chi connectivity index (χ4v) is 3.54. The Labute approximate surface area is 139 Å². The molecule has 0 saturated carbocycles. The van der Waals surface area contributed by atoms with Crippen LogP contribution in [0.3, 0.4) is 0 Å². The van der Waals surface area contributed by atoms with Crippen LogP contribution < -0.4 is 4.74 Å². The molecule has 0 fully saturated rings. The van der Waals surface area contributed by atoms with Gasteiger partial charge in [0.15, 0.2) is 3.95 Å². The Bertz CT molecular complexity index is 834. The fraction of sp³-hybridized carbons (Fsp3) is 0.167. The number of rotatable bonds is 4. The van der Waals surface area contributed by atoms with Crippen molar-refractivity contribution < 1.29 is 4.74 Å². The van der Waals surface area contributed by atoms with Crippen LogP contribution in [0.25, 0.3) is 11.3 Å². The SMILES string of the molecule is COc1ccc(C)cc1-c1csc(=S)n1Cc1ccccc1. The second kappa shape index (κ2) is 6.46. The lowest BCUT2D eigenvalue weighted by atomic mass is 10.1. The Morgan fingerprint density at radius 1 is 1.14 bits per heavy atom. The van der Waals surface area contributed by atoms with E-state index in [1.807, 2.05) is 12.1 Å². The number of nitrogens with zero attached hydrogens (tertiary/aromatic N) is 1. The molecule has 3 rings (SSSR count). The molecule has 4 heteroatoms. The van der Waals surface area contributed by atoms with E-state index in [1.54, 1.807) is 18.4 Å². The van der Waals surface area contributed by atoms with Gasteiger partial charge in [0.1, 0.15) is 5.75 Å². The Kier molecular flexibility index (Phi) is 4.41. The highest BCUT2D eigenvalue weighted by atomic mass is 32.1. The summed E-state index contributed by atoms with van der Waals surface area (Å²) >= 11 is 7.12. The van der Waals surface area contributed by atoms with Crippen molar-refractivity contribution in [2.24, 2.45) is 0 Å². The van der Waals surface area contributed by atoms with Gasteiger partial charge in [0, 0.05) is 17.5 Å². The molecule has 1 aromatic heterocycles. The molecule has 2 nitrogen and oxygen atoms in total. The number of aromatic nitrogens is 1. The predicted molar refractivity (Wildman–Crippen MR) is 95.4 cm³/mol. The Balaban J connectivity index is 2.10. The lowest BCUT2D eigenvalue weighted by Crippen LogP contribution is -2.02. The summed E-state index contributed by atoms with van der Waals surface area (Å²) in [5, 5.41) is 2.11. The van der Waals surface area contributed by atoms with Gasteiger partial charge in [-0.1, -0.05) is 42.0 Å². The largest absolute Gasteiger partial charge is 0.496 e. The van der Waals surface area contributed by atoms with Crippen LogP contribution in [0.1, 0.15) is 11.1 Å². The zero-order chi connectivity index (χ0) is 15.5. The van der Waals surface area contributed by atoms with E-state index in [0.717, 1.165) is 27.5 Å². The van der Waals surface area contributed by atoms with Gasteiger partial charge in [-0.2, -0.15) is 0 Å². The van der Waals surface area contributed by atoms with Crippen molar-refractivity contribution in [2.75, 3.05) is 7.11 Å². The van der Waals surface area contributed by atoms with Gasteiger partial charge in [-0.3, -0.25) is 0 Å². The normalized spacial score (nSPS) is 10.6. The highest BCUT2D eigenvalue weighted by molar-refractivity contribution is 7.73. The van der Waals surface area contributed by atoms with Gasteiger partial charge in [-0.25, -0.2) is 0 Å². The Morgan fingerprint density at radius 2 is 1.91 bits per heavy atom. The van der Waals surface area contributed by atoms with Crippen molar-refractivity contribution in [1.82, 2.24) is 4.57 Å². The molecule has 0 unspecified atom stereocenters. The molecule has 0 bridgehead atoms. The summed E-state index contributed by atoms with van der Waals surface area (Å²) in [4.78, 5) is 0. The third-order valence-corrected chi connectivity index (χ3v) is 4.87. The van der Waals surface area contributed by atoms with E-state index < -0.39 is 0 Å². The lowest BCUT2D eigenvalue weighted by molar-refractivity contribution is 0.416. The van der Waals surface area contributed by atoms with E-state index in [9.17, 15) is 0 Å². The summed E-state index contributed by atoms with van der Waals surface area (Å²) in [5.74, 6) is 0.875. The first kappa shape index (κ1) is 15.0. The summed E-state index contributed by atoms with van der Waals surface area (Å²) in [6.07, 6.45) is 0. The molecule has 112 valence electrons. The third kappa shape index (κ3) is 2.98. The quantitative estimate of drug-likeness (QED) is 0.603. The first-order valence-electron chi connectivity index (χ1n) is 7.06. The number of methoxy groups -OCH3 is 1. The maximum Gasteiger partial charge on any atom is 0.161 e. The molecule has 0 spiro atoms. The van der Waals surface area contributed by atoms with Crippen LogP contribution in [0.2, 0.25) is 0 Å². The summed E-state index contributed by atoms with van der Waals surface area (Å²) < 4.78 is 8.58. The smallest absolute Gasteiger partial charge is 0.161 e. The Hall–Kier alpha value is -1.91. The Morgan fingerprint density at radius 3 is 2.64 bits per heavy atom. The van der Waals surface area contributed by atoms with Crippen molar-refractivity contribution in [1.29, 1.82) is 0 Å². The van der Waals surface area contributed by atoms with Gasteiger partial charge >= 0.3 is 0 Å². The molecule has 0 aliphatic heterocycles. The van der Waals surface area contributed by atoms with Gasteiger partial charge < -0.3 is 9.30 Å². The number of aryl methyl sites for hydroxylation is 1. The van der Waals surface area contributed by atoms with Gasteiger partial charge in [0.05, 0.1) is 12.8 Å². The van der Waals surface area contributed by atoms with Crippen molar-refractivity contribution in [3.05, 3.63) is 69.0 Å². The monoisotopic (exact) mass is 327 g/mol. The molecule has 0 amide bonds. The fourth-order valence-electron chi connectivity index (χ4n) is 2.48. The van der Waals surface area contributed by atoms with Gasteiger partial charge in [0.25, 0.3) is 0 Å². The maximum absolute atomic E-state index is 5.53. The second-order valence-corrected chi connectivity index (χ2v) is 6.67. The predicted octanol–water partition coefficient (Wildman–Crippen LogP) is 5.31. The standard InChI is InChI=1S/C18H17NOS2/c1-13-8-9-17(20-2)15(10-13)16-12-22-18(21)19(16)11-14-6-4-3-5-7-14/h3-10,12H,11H2,1-2H3. The number of benzene rings is 2. The van der Waals surface area contributed by atoms with Crippen LogP contribution in [-0.2, 0) is 6.54 Å². The summed E-state index contributed by atoms with van der Waals surface area (Å²) in [5.41, 5.74) is 4.65. The molecule has 0 aliphatic rings. The van der Waals surface area contributed by atoms with Crippen molar-refractivity contribution in [3.8, 4) is 17.0 Å². The number of thiazole rings is 1. The molecule has 22 heavy (non-hydrogen) atoms. The molecule has 0 aliphatic carbocycles. The van der Waals surface area contributed by atoms with Crippen LogP contribution in [-0.4, -0.2) is 11.7 Å². The van der Waals surface area contributed by atoms with Crippen molar-refractivity contribution in [3.63, 3.8) is 0 Å². The first-order valence-corrected chi connectivity index (χ1v) is 8.35. The first-order chi connectivity index (χ1) is 10.7. The minimum Gasteiger partial charge on any atom is -0.496 e. The van der Waals surface area contributed by atoms with Gasteiger partial charge in [-0.15, -0.1) is 11.3 Å². The summed E-state index contributed by atoms with van der Waals surface area (Å²) in [6.45, 7) is 2.86. The molecular formula is C18H17NOS2. The van der Waals surface area contributed by atoms with E-state index in [-0.39, 0.29) is 0 Å². The van der Waals surface area contributed by atoms with Crippen LogP contribution >= 0.6 is 23.6 Å². The van der Waals surface area contributed by atoms with E-state index in [4.69, 9.17) is 17.0 Å². The van der Waals surface area contributed by atoms with Crippen molar-refractivity contribution >= 4 is 23.6 Å². The molecule has 0 saturated heterocycles. The van der Waals surface area contributed by atoms with Crippen LogP contribution in [0.5, 0.6) is 5.75 Å². The molecule has 0 radical (unpaired) electrons. The minimum absolute atomic E-state index is 0.773. The summed E-state index contributed by atoms with van der Waals surface area (Å²) in [6, 6.07) is 16.6. The highest BCUT2D eigenvalue weighted by Crippen LogP contribution is 2.33. The van der Waals surface area contributed by atoms with E-state index >= 15 is 0 Å². The van der Waals surface area contributed by atoms with Crippen LogP contribution in [0.15, 0.2) is 53.9 Å². The molecule has 1 heterocycles. The molecule has 0 N–H and O–H groups in total. The molecule has 3 aromatic rings. The average Bonchev–Trinajstić information content (AvgIpc) is 2.89. The molecule has 0 atom stereocenters. The molecular weight excluding hydrogens is 310 g/mol. The topological polar surface area (TPSA) is 14.2 Å². The molecule has 2 aromatic carbocycles. The van der Waals surface area contributed by atoms with E-state index in [1.165, 1.54) is 11.1 Å². The van der Waals surface area contributed by atoms with Gasteiger partial charge in [-0.05, 0) is 36.8 Å². The van der Waals surface area contributed by atoms with E-state index in [0.29, 0.717) is 0 Å². The minimum atomic E-state index is 0.773. The second-order valence-electron chi connectivity index (χ2n) is 5.16. The number of ether oxygens (including phenoxy) is 1. The number of hydrogen-bond donors (Lipinski definition) is 0. The van der Waals surface area contributed by atoms with Gasteiger partial charge in [0.2, 0.25) is 0 Å². The van der Waals surface area contributed by atoms with Crippen LogP contribution in [0.4, 0.5) is 0 Å². The van der Waals surface area contributed by atoms with Crippen LogP contribution in [0, 0.1) is 10.9 Å². The lowest BCUT2D eigenvalue weighted by Gasteiger charge is -2.13.